The molecule has 0 saturated carbocycles. The highest BCUT2D eigenvalue weighted by Crippen LogP contribution is 2.29. The Morgan fingerprint density at radius 2 is 1.95 bits per heavy atom. The molecule has 1 amide bonds. The van der Waals surface area contributed by atoms with Crippen molar-refractivity contribution in [2.24, 2.45) is 0 Å². The molecule has 2 rings (SSSR count). The number of alkyl halides is 2. The highest BCUT2D eigenvalue weighted by Gasteiger charge is 2.29. The fraction of sp³-hybridized carbons (Fsp3) is 0.429. The van der Waals surface area contributed by atoms with Crippen LogP contribution in [0.1, 0.15) is 0 Å². The zero-order valence-electron chi connectivity index (χ0n) is 11.7. The summed E-state index contributed by atoms with van der Waals surface area (Å²) in [6.45, 7) is 0.954. The highest BCUT2D eigenvalue weighted by atomic mass is 35.5. The Balaban J connectivity index is 1.99. The van der Waals surface area contributed by atoms with Crippen LogP contribution in [-0.2, 0) is 9.59 Å². The summed E-state index contributed by atoms with van der Waals surface area (Å²) in [6.07, 6.45) is 0. The van der Waals surface area contributed by atoms with Crippen molar-refractivity contribution in [3.05, 3.63) is 24.3 Å². The number of rotatable bonds is 6. The largest absolute Gasteiger partial charge is 0.487 e. The summed E-state index contributed by atoms with van der Waals surface area (Å²) in [5.74, 6) is 0.665. The van der Waals surface area contributed by atoms with Gasteiger partial charge in [0.05, 0.1) is 0 Å². The second-order valence-corrected chi connectivity index (χ2v) is 6.23. The Kier molecular flexibility index (Phi) is 6.67. The molecule has 1 aromatic carbocycles. The smallest absolute Gasteiger partial charge is 0.326 e. The molecule has 1 fully saturated rings. The third-order valence-corrected chi connectivity index (χ3v) is 4.63. The van der Waals surface area contributed by atoms with Gasteiger partial charge in [0.1, 0.15) is 23.7 Å². The Bertz CT molecular complexity index is 543. The van der Waals surface area contributed by atoms with Gasteiger partial charge in [-0.2, -0.15) is 0 Å². The maximum absolute atomic E-state index is 11.7. The summed E-state index contributed by atoms with van der Waals surface area (Å²) in [7, 11) is 0. The van der Waals surface area contributed by atoms with E-state index in [9.17, 15) is 9.59 Å². The number of para-hydroxylation sites is 2. The summed E-state index contributed by atoms with van der Waals surface area (Å²) < 4.78 is 10.8. The van der Waals surface area contributed by atoms with E-state index in [4.69, 9.17) is 32.7 Å². The molecular weight excluding hydrogens is 349 g/mol. The molecule has 1 atom stereocenters. The first-order valence-electron chi connectivity index (χ1n) is 6.61. The number of hydrogen-bond acceptors (Lipinski definition) is 5. The van der Waals surface area contributed by atoms with Gasteiger partial charge in [0.15, 0.2) is 11.5 Å². The summed E-state index contributed by atoms with van der Waals surface area (Å²) >= 11 is 12.7. The molecule has 1 unspecified atom stereocenters. The predicted octanol–water partition coefficient (Wildman–Crippen LogP) is 2.35. The molecule has 0 bridgehead atoms. The van der Waals surface area contributed by atoms with E-state index in [1.807, 2.05) is 0 Å². The zero-order chi connectivity index (χ0) is 15.9. The van der Waals surface area contributed by atoms with E-state index in [1.54, 1.807) is 40.9 Å². The molecule has 0 spiro atoms. The van der Waals surface area contributed by atoms with Gasteiger partial charge in [-0.1, -0.05) is 12.1 Å². The SMILES string of the molecule is O=C(CCl)Oc1ccccc1OCC1SCCN1C(=O)CCl. The lowest BCUT2D eigenvalue weighted by atomic mass is 10.3. The van der Waals surface area contributed by atoms with E-state index in [0.717, 1.165) is 5.75 Å². The summed E-state index contributed by atoms with van der Waals surface area (Å²) in [5, 5.41) is -0.0944. The summed E-state index contributed by atoms with van der Waals surface area (Å²) in [6, 6.07) is 6.83. The number of esters is 1. The number of hydrogen-bond donors (Lipinski definition) is 0. The molecule has 0 radical (unpaired) electrons. The van der Waals surface area contributed by atoms with Crippen molar-refractivity contribution in [2.45, 2.75) is 5.37 Å². The van der Waals surface area contributed by atoms with E-state index in [0.29, 0.717) is 24.7 Å². The zero-order valence-corrected chi connectivity index (χ0v) is 14.0. The molecule has 5 nitrogen and oxygen atoms in total. The van der Waals surface area contributed by atoms with Gasteiger partial charge in [0, 0.05) is 12.3 Å². The van der Waals surface area contributed by atoms with Crippen molar-refractivity contribution in [1.29, 1.82) is 0 Å². The number of halogens is 2. The maximum atomic E-state index is 11.7. The van der Waals surface area contributed by atoms with Crippen LogP contribution in [0.4, 0.5) is 0 Å². The van der Waals surface area contributed by atoms with E-state index in [2.05, 4.69) is 0 Å². The number of thioether (sulfide) groups is 1. The average molecular weight is 364 g/mol. The van der Waals surface area contributed by atoms with Gasteiger partial charge >= 0.3 is 5.97 Å². The van der Waals surface area contributed by atoms with Crippen LogP contribution >= 0.6 is 35.0 Å². The first-order valence-corrected chi connectivity index (χ1v) is 8.73. The van der Waals surface area contributed by atoms with Crippen LogP contribution in [0.5, 0.6) is 11.5 Å². The third kappa shape index (κ3) is 4.44. The molecule has 0 aliphatic carbocycles. The topological polar surface area (TPSA) is 55.8 Å². The molecule has 1 aromatic rings. The normalized spacial score (nSPS) is 17.4. The molecule has 22 heavy (non-hydrogen) atoms. The van der Waals surface area contributed by atoms with Gasteiger partial charge in [0.2, 0.25) is 5.91 Å². The van der Waals surface area contributed by atoms with Gasteiger partial charge < -0.3 is 14.4 Å². The molecule has 1 heterocycles. The minimum atomic E-state index is -0.549. The van der Waals surface area contributed by atoms with E-state index in [-0.39, 0.29) is 23.0 Å². The summed E-state index contributed by atoms with van der Waals surface area (Å²) in [4.78, 5) is 24.7. The number of benzene rings is 1. The Morgan fingerprint density at radius 3 is 2.64 bits per heavy atom. The minimum absolute atomic E-state index is 0.0407. The summed E-state index contributed by atoms with van der Waals surface area (Å²) in [5.41, 5.74) is 0. The van der Waals surface area contributed by atoms with Crippen molar-refractivity contribution < 1.29 is 19.1 Å². The molecule has 8 heteroatoms. The van der Waals surface area contributed by atoms with Crippen molar-refractivity contribution in [3.63, 3.8) is 0 Å². The van der Waals surface area contributed by atoms with Gasteiger partial charge in [-0.05, 0) is 12.1 Å². The maximum Gasteiger partial charge on any atom is 0.326 e. The Labute approximate surface area is 142 Å². The Hall–Kier alpha value is -1.11. The van der Waals surface area contributed by atoms with Gasteiger partial charge in [-0.15, -0.1) is 35.0 Å². The minimum Gasteiger partial charge on any atom is -0.487 e. The molecule has 1 aliphatic rings. The van der Waals surface area contributed by atoms with Crippen LogP contribution in [0, 0.1) is 0 Å². The Morgan fingerprint density at radius 1 is 1.23 bits per heavy atom. The van der Waals surface area contributed by atoms with Gasteiger partial charge in [-0.25, -0.2) is 0 Å². The number of nitrogens with zero attached hydrogens (tertiary/aromatic N) is 1. The number of ether oxygens (including phenoxy) is 2. The standard InChI is InChI=1S/C14H15Cl2NO4S/c15-7-12(18)17-5-6-22-13(17)9-20-10-3-1-2-4-11(10)21-14(19)8-16/h1-4,13H,5-9H2. The van der Waals surface area contributed by atoms with Crippen LogP contribution < -0.4 is 9.47 Å². The monoisotopic (exact) mass is 363 g/mol. The number of carbonyl (C=O) groups excluding carboxylic acids is 2. The van der Waals surface area contributed by atoms with Crippen LogP contribution in [0.15, 0.2) is 24.3 Å². The van der Waals surface area contributed by atoms with Crippen LogP contribution in [0.3, 0.4) is 0 Å². The number of amides is 1. The van der Waals surface area contributed by atoms with E-state index in [1.165, 1.54) is 0 Å². The van der Waals surface area contributed by atoms with Crippen molar-refractivity contribution >= 4 is 46.8 Å². The van der Waals surface area contributed by atoms with Gasteiger partial charge in [-0.3, -0.25) is 9.59 Å². The van der Waals surface area contributed by atoms with E-state index < -0.39 is 5.97 Å². The second-order valence-electron chi connectivity index (χ2n) is 4.41. The highest BCUT2D eigenvalue weighted by molar-refractivity contribution is 8.00. The molecule has 0 aromatic heterocycles. The fourth-order valence-corrected chi connectivity index (χ4v) is 3.34. The average Bonchev–Trinajstić information content (AvgIpc) is 3.01. The molecule has 120 valence electrons. The predicted molar refractivity (Wildman–Crippen MR) is 87.0 cm³/mol. The second kappa shape index (κ2) is 8.50. The lowest BCUT2D eigenvalue weighted by molar-refractivity contribution is -0.131. The van der Waals surface area contributed by atoms with Crippen LogP contribution in [0.2, 0.25) is 0 Å². The van der Waals surface area contributed by atoms with Crippen molar-refractivity contribution in [1.82, 2.24) is 4.90 Å². The lowest BCUT2D eigenvalue weighted by Crippen LogP contribution is -2.38. The van der Waals surface area contributed by atoms with Crippen molar-refractivity contribution in [2.75, 3.05) is 30.7 Å². The molecule has 1 saturated heterocycles. The quantitative estimate of drug-likeness (QED) is 0.441. The van der Waals surface area contributed by atoms with Crippen LogP contribution in [0.25, 0.3) is 0 Å². The first-order chi connectivity index (χ1) is 10.7. The van der Waals surface area contributed by atoms with Crippen LogP contribution in [-0.4, -0.2) is 52.8 Å². The molecular formula is C14H15Cl2NO4S. The van der Waals surface area contributed by atoms with E-state index >= 15 is 0 Å². The third-order valence-electron chi connectivity index (χ3n) is 2.99. The molecule has 0 N–H and O–H groups in total. The fourth-order valence-electron chi connectivity index (χ4n) is 1.99. The number of carbonyl (C=O) groups is 2. The first kappa shape index (κ1) is 17.2. The lowest BCUT2D eigenvalue weighted by Gasteiger charge is -2.23. The van der Waals surface area contributed by atoms with Crippen molar-refractivity contribution in [3.8, 4) is 11.5 Å². The van der Waals surface area contributed by atoms with Gasteiger partial charge in [0.25, 0.3) is 0 Å². The molecule has 1 aliphatic heterocycles.